The molecular formula is C16H18ClN3O2. The summed E-state index contributed by atoms with van der Waals surface area (Å²) in [6.45, 7) is 0. The first kappa shape index (κ1) is 14.9. The number of carbonyl (C=O) groups excluding carboxylic acids is 1. The Morgan fingerprint density at radius 3 is 3.09 bits per heavy atom. The number of hydrogen-bond acceptors (Lipinski definition) is 3. The highest BCUT2D eigenvalue weighted by atomic mass is 35.5. The molecule has 1 atom stereocenters. The summed E-state index contributed by atoms with van der Waals surface area (Å²) < 4.78 is 7.13. The predicted octanol–water partition coefficient (Wildman–Crippen LogP) is 2.89. The van der Waals surface area contributed by atoms with Gasteiger partial charge in [0.1, 0.15) is 5.75 Å². The second kappa shape index (κ2) is 6.01. The summed E-state index contributed by atoms with van der Waals surface area (Å²) in [5, 5.41) is 7.88. The van der Waals surface area contributed by atoms with E-state index in [-0.39, 0.29) is 11.9 Å². The first-order valence-electron chi connectivity index (χ1n) is 7.25. The molecule has 0 aliphatic heterocycles. The first-order valence-corrected chi connectivity index (χ1v) is 7.63. The van der Waals surface area contributed by atoms with Gasteiger partial charge < -0.3 is 10.1 Å². The Morgan fingerprint density at radius 1 is 1.50 bits per heavy atom. The van der Waals surface area contributed by atoms with Gasteiger partial charge in [-0.3, -0.25) is 9.48 Å². The Labute approximate surface area is 134 Å². The Balaban J connectivity index is 1.85. The molecule has 5 nitrogen and oxygen atoms in total. The summed E-state index contributed by atoms with van der Waals surface area (Å²) >= 11 is 6.00. The molecule has 1 aliphatic rings. The average molecular weight is 320 g/mol. The fraction of sp³-hybridized carbons (Fsp3) is 0.375. The van der Waals surface area contributed by atoms with Crippen molar-refractivity contribution in [3.8, 4) is 5.75 Å². The molecule has 2 aromatic rings. The number of halogens is 1. The van der Waals surface area contributed by atoms with E-state index in [0.717, 1.165) is 24.8 Å². The van der Waals surface area contributed by atoms with E-state index >= 15 is 0 Å². The molecule has 1 amide bonds. The number of benzene rings is 1. The molecule has 0 fully saturated rings. The van der Waals surface area contributed by atoms with Crippen LogP contribution >= 0.6 is 11.6 Å². The highest BCUT2D eigenvalue weighted by Gasteiger charge is 2.26. The van der Waals surface area contributed by atoms with Crippen molar-refractivity contribution in [3.63, 3.8) is 0 Å². The average Bonchev–Trinajstić information content (AvgIpc) is 2.90. The number of rotatable bonds is 3. The molecule has 1 heterocycles. The van der Waals surface area contributed by atoms with Gasteiger partial charge in [0, 0.05) is 23.3 Å². The van der Waals surface area contributed by atoms with Crippen molar-refractivity contribution >= 4 is 17.5 Å². The molecule has 22 heavy (non-hydrogen) atoms. The third-order valence-corrected chi connectivity index (χ3v) is 4.32. The van der Waals surface area contributed by atoms with E-state index in [2.05, 4.69) is 10.4 Å². The number of fused-ring (bicyclic) bond motifs is 1. The van der Waals surface area contributed by atoms with Gasteiger partial charge in [0.05, 0.1) is 24.9 Å². The van der Waals surface area contributed by atoms with Gasteiger partial charge in [-0.1, -0.05) is 11.6 Å². The number of nitrogens with zero attached hydrogens (tertiary/aromatic N) is 2. The highest BCUT2D eigenvalue weighted by molar-refractivity contribution is 6.31. The maximum atomic E-state index is 12.6. The summed E-state index contributed by atoms with van der Waals surface area (Å²) in [7, 11) is 3.48. The Kier molecular flexibility index (Phi) is 4.07. The van der Waals surface area contributed by atoms with Gasteiger partial charge in [-0.25, -0.2) is 0 Å². The van der Waals surface area contributed by atoms with Crippen molar-refractivity contribution < 1.29 is 9.53 Å². The van der Waals surface area contributed by atoms with Gasteiger partial charge in [0.15, 0.2) is 0 Å². The fourth-order valence-corrected chi connectivity index (χ4v) is 3.12. The van der Waals surface area contributed by atoms with Crippen LogP contribution in [0.1, 0.15) is 40.5 Å². The van der Waals surface area contributed by atoms with E-state index in [1.54, 1.807) is 25.3 Å². The summed E-state index contributed by atoms with van der Waals surface area (Å²) in [6.07, 6.45) is 4.78. The minimum Gasteiger partial charge on any atom is -0.496 e. The molecule has 0 saturated heterocycles. The lowest BCUT2D eigenvalue weighted by Gasteiger charge is -2.24. The highest BCUT2D eigenvalue weighted by Crippen LogP contribution is 2.30. The van der Waals surface area contributed by atoms with Crippen LogP contribution in [0.4, 0.5) is 0 Å². The van der Waals surface area contributed by atoms with Crippen molar-refractivity contribution in [1.82, 2.24) is 15.1 Å². The fourth-order valence-electron chi connectivity index (χ4n) is 2.95. The van der Waals surface area contributed by atoms with Gasteiger partial charge in [-0.05, 0) is 37.5 Å². The molecule has 1 aromatic carbocycles. The maximum absolute atomic E-state index is 12.6. The maximum Gasteiger partial charge on any atom is 0.255 e. The second-order valence-electron chi connectivity index (χ2n) is 5.43. The molecule has 1 N–H and O–H groups in total. The van der Waals surface area contributed by atoms with Crippen molar-refractivity contribution in [3.05, 3.63) is 46.2 Å². The number of hydrogen-bond donors (Lipinski definition) is 1. The van der Waals surface area contributed by atoms with Crippen molar-refractivity contribution in [1.29, 1.82) is 0 Å². The summed E-state index contributed by atoms with van der Waals surface area (Å²) in [4.78, 5) is 12.6. The lowest BCUT2D eigenvalue weighted by atomic mass is 9.92. The SMILES string of the molecule is COc1ccc(Cl)cc1C(=O)NC1CCCc2c1cnn2C. The Morgan fingerprint density at radius 2 is 2.32 bits per heavy atom. The van der Waals surface area contributed by atoms with E-state index < -0.39 is 0 Å². The smallest absolute Gasteiger partial charge is 0.255 e. The lowest BCUT2D eigenvalue weighted by Crippen LogP contribution is -2.31. The largest absolute Gasteiger partial charge is 0.496 e. The van der Waals surface area contributed by atoms with Gasteiger partial charge in [0.25, 0.3) is 5.91 Å². The Hall–Kier alpha value is -2.01. The molecular weight excluding hydrogens is 302 g/mol. The molecule has 6 heteroatoms. The van der Waals surface area contributed by atoms with Crippen molar-refractivity contribution in [2.45, 2.75) is 25.3 Å². The molecule has 116 valence electrons. The molecule has 1 aliphatic carbocycles. The minimum absolute atomic E-state index is 0.0198. The van der Waals surface area contributed by atoms with Crippen LogP contribution < -0.4 is 10.1 Å². The van der Waals surface area contributed by atoms with Crippen molar-refractivity contribution in [2.24, 2.45) is 7.05 Å². The van der Waals surface area contributed by atoms with E-state index in [9.17, 15) is 4.79 Å². The number of ether oxygens (including phenoxy) is 1. The third kappa shape index (κ3) is 2.68. The van der Waals surface area contributed by atoms with Gasteiger partial charge in [-0.2, -0.15) is 5.10 Å². The molecule has 1 aromatic heterocycles. The zero-order valence-electron chi connectivity index (χ0n) is 12.6. The molecule has 0 saturated carbocycles. The molecule has 3 rings (SSSR count). The molecule has 0 bridgehead atoms. The number of aromatic nitrogens is 2. The minimum atomic E-state index is -0.180. The van der Waals surface area contributed by atoms with E-state index in [4.69, 9.17) is 16.3 Å². The standard InChI is InChI=1S/C16H18ClN3O2/c1-20-14-5-3-4-13(12(14)9-18-20)19-16(21)11-8-10(17)6-7-15(11)22-2/h6-9,13H,3-5H2,1-2H3,(H,19,21). The summed E-state index contributed by atoms with van der Waals surface area (Å²) in [5.74, 6) is 0.338. The summed E-state index contributed by atoms with van der Waals surface area (Å²) in [6, 6.07) is 5.02. The normalized spacial score (nSPS) is 17.0. The third-order valence-electron chi connectivity index (χ3n) is 4.09. The number of carbonyl (C=O) groups is 1. The second-order valence-corrected chi connectivity index (χ2v) is 5.87. The summed E-state index contributed by atoms with van der Waals surface area (Å²) in [5.41, 5.74) is 2.74. The van der Waals surface area contributed by atoms with Crippen LogP contribution in [0, 0.1) is 0 Å². The lowest BCUT2D eigenvalue weighted by molar-refractivity contribution is 0.0929. The topological polar surface area (TPSA) is 56.1 Å². The van der Waals surface area contributed by atoms with Crippen LogP contribution in [0.15, 0.2) is 24.4 Å². The zero-order valence-corrected chi connectivity index (χ0v) is 13.4. The van der Waals surface area contributed by atoms with Crippen molar-refractivity contribution in [2.75, 3.05) is 7.11 Å². The Bertz CT molecular complexity index is 711. The van der Waals surface area contributed by atoms with Crippen LogP contribution in [0.2, 0.25) is 5.02 Å². The number of nitrogens with one attached hydrogen (secondary N) is 1. The zero-order chi connectivity index (χ0) is 15.7. The predicted molar refractivity (Wildman–Crippen MR) is 84.4 cm³/mol. The molecule has 0 spiro atoms. The first-order chi connectivity index (χ1) is 10.6. The van der Waals surface area contributed by atoms with E-state index in [0.29, 0.717) is 16.3 Å². The van der Waals surface area contributed by atoms with E-state index in [1.807, 2.05) is 17.9 Å². The molecule has 0 radical (unpaired) electrons. The van der Waals surface area contributed by atoms with E-state index in [1.165, 1.54) is 5.69 Å². The van der Waals surface area contributed by atoms with Gasteiger partial charge in [0.2, 0.25) is 0 Å². The monoisotopic (exact) mass is 319 g/mol. The van der Waals surface area contributed by atoms with Crippen LogP contribution in [0.3, 0.4) is 0 Å². The van der Waals surface area contributed by atoms with Gasteiger partial charge in [-0.15, -0.1) is 0 Å². The van der Waals surface area contributed by atoms with Crippen LogP contribution in [0.25, 0.3) is 0 Å². The number of aryl methyl sites for hydroxylation is 1. The number of methoxy groups -OCH3 is 1. The van der Waals surface area contributed by atoms with Crippen LogP contribution in [-0.4, -0.2) is 22.8 Å². The quantitative estimate of drug-likeness (QED) is 0.946. The van der Waals surface area contributed by atoms with Crippen LogP contribution in [-0.2, 0) is 13.5 Å². The van der Waals surface area contributed by atoms with Gasteiger partial charge >= 0.3 is 0 Å². The van der Waals surface area contributed by atoms with Crippen LogP contribution in [0.5, 0.6) is 5.75 Å². The molecule has 1 unspecified atom stereocenters. The number of amides is 1.